The number of anilines is 1. The fraction of sp³-hybridized carbons (Fsp3) is 0.214. The van der Waals surface area contributed by atoms with Crippen LogP contribution in [0.4, 0.5) is 27.9 Å². The number of carbonyl (C=O) groups is 1. The fourth-order valence-electron chi connectivity index (χ4n) is 1.85. The molecule has 0 aliphatic carbocycles. The van der Waals surface area contributed by atoms with Crippen molar-refractivity contribution in [2.24, 2.45) is 0 Å². The van der Waals surface area contributed by atoms with Gasteiger partial charge in [0, 0.05) is 13.2 Å². The first-order valence-electron chi connectivity index (χ1n) is 6.55. The standard InChI is InChI=1S/C14H11F5N4O/c1-20-12(24)11(7-2-3-8(15)9(16)6-7)23-13-21-5-4-10(22-13)14(17,18)19/h2-6,11H,1H3,(H,20,24)(H,21,22,23)/t11-/m0/s1. The lowest BCUT2D eigenvalue weighted by Crippen LogP contribution is -2.31. The Morgan fingerprint density at radius 3 is 2.46 bits per heavy atom. The molecule has 1 heterocycles. The lowest BCUT2D eigenvalue weighted by molar-refractivity contribution is -0.141. The minimum atomic E-state index is -4.69. The molecule has 2 N–H and O–H groups in total. The summed E-state index contributed by atoms with van der Waals surface area (Å²) in [6.45, 7) is 0. The number of rotatable bonds is 4. The second kappa shape index (κ2) is 6.77. The van der Waals surface area contributed by atoms with Crippen molar-refractivity contribution in [3.63, 3.8) is 0 Å². The molecule has 1 aromatic heterocycles. The quantitative estimate of drug-likeness (QED) is 0.836. The summed E-state index contributed by atoms with van der Waals surface area (Å²) in [6, 6.07) is 2.04. The molecule has 1 aromatic carbocycles. The molecule has 2 rings (SSSR count). The predicted octanol–water partition coefficient (Wildman–Crippen LogP) is 2.67. The van der Waals surface area contributed by atoms with Gasteiger partial charge in [-0.05, 0) is 23.8 Å². The molecular formula is C14H11F5N4O. The molecule has 0 radical (unpaired) electrons. The molecule has 5 nitrogen and oxygen atoms in total. The molecule has 0 aliphatic heterocycles. The van der Waals surface area contributed by atoms with E-state index in [1.807, 2.05) is 0 Å². The van der Waals surface area contributed by atoms with Gasteiger partial charge in [-0.2, -0.15) is 13.2 Å². The van der Waals surface area contributed by atoms with Gasteiger partial charge < -0.3 is 10.6 Å². The van der Waals surface area contributed by atoms with Crippen molar-refractivity contribution in [2.75, 3.05) is 12.4 Å². The van der Waals surface area contributed by atoms with Crippen molar-refractivity contribution in [2.45, 2.75) is 12.2 Å². The van der Waals surface area contributed by atoms with Crippen molar-refractivity contribution in [3.8, 4) is 0 Å². The molecule has 0 fully saturated rings. The minimum Gasteiger partial charge on any atom is -0.357 e. The Hall–Kier alpha value is -2.78. The SMILES string of the molecule is CNC(=O)[C@@H](Nc1nccc(C(F)(F)F)n1)c1ccc(F)c(F)c1. The second-order valence-corrected chi connectivity index (χ2v) is 4.63. The van der Waals surface area contributed by atoms with Gasteiger partial charge in [0.2, 0.25) is 11.9 Å². The monoisotopic (exact) mass is 346 g/mol. The van der Waals surface area contributed by atoms with Gasteiger partial charge in [0.05, 0.1) is 0 Å². The molecule has 0 aliphatic rings. The van der Waals surface area contributed by atoms with Crippen LogP contribution in [0.3, 0.4) is 0 Å². The van der Waals surface area contributed by atoms with E-state index < -0.39 is 41.4 Å². The number of benzene rings is 1. The van der Waals surface area contributed by atoms with E-state index in [0.29, 0.717) is 6.07 Å². The summed E-state index contributed by atoms with van der Waals surface area (Å²) in [5.41, 5.74) is -1.21. The maximum absolute atomic E-state index is 13.4. The Balaban J connectivity index is 2.36. The van der Waals surface area contributed by atoms with Crippen LogP contribution in [0.5, 0.6) is 0 Å². The number of nitrogens with one attached hydrogen (secondary N) is 2. The zero-order valence-corrected chi connectivity index (χ0v) is 12.2. The Morgan fingerprint density at radius 1 is 1.17 bits per heavy atom. The third-order valence-electron chi connectivity index (χ3n) is 3.01. The summed E-state index contributed by atoms with van der Waals surface area (Å²) in [6.07, 6.45) is -3.83. The van der Waals surface area contributed by atoms with Gasteiger partial charge in [-0.1, -0.05) is 6.07 Å². The smallest absolute Gasteiger partial charge is 0.357 e. The van der Waals surface area contributed by atoms with Gasteiger partial charge in [0.1, 0.15) is 11.7 Å². The molecule has 0 saturated heterocycles. The molecule has 0 unspecified atom stereocenters. The number of alkyl halides is 3. The van der Waals surface area contributed by atoms with Crippen LogP contribution in [0.15, 0.2) is 30.5 Å². The second-order valence-electron chi connectivity index (χ2n) is 4.63. The molecular weight excluding hydrogens is 335 g/mol. The highest BCUT2D eigenvalue weighted by Crippen LogP contribution is 2.28. The summed E-state index contributed by atoms with van der Waals surface area (Å²) in [7, 11) is 1.28. The van der Waals surface area contributed by atoms with Crippen molar-refractivity contribution in [1.82, 2.24) is 15.3 Å². The molecule has 1 amide bonds. The molecule has 24 heavy (non-hydrogen) atoms. The number of likely N-dealkylation sites (N-methyl/N-ethyl adjacent to an activating group) is 1. The van der Waals surface area contributed by atoms with Crippen molar-refractivity contribution in [1.29, 1.82) is 0 Å². The number of amides is 1. The van der Waals surface area contributed by atoms with Gasteiger partial charge >= 0.3 is 6.18 Å². The number of halogens is 5. The normalized spacial score (nSPS) is 12.6. The first-order chi connectivity index (χ1) is 11.2. The summed E-state index contributed by atoms with van der Waals surface area (Å²) in [5.74, 6) is -3.50. The average Bonchev–Trinajstić information content (AvgIpc) is 2.54. The van der Waals surface area contributed by atoms with Crippen molar-refractivity contribution in [3.05, 3.63) is 53.4 Å². The van der Waals surface area contributed by atoms with Crippen LogP contribution in [0, 0.1) is 11.6 Å². The summed E-state index contributed by atoms with van der Waals surface area (Å²) in [4.78, 5) is 18.8. The van der Waals surface area contributed by atoms with Gasteiger partial charge in [0.25, 0.3) is 0 Å². The molecule has 0 bridgehead atoms. The van der Waals surface area contributed by atoms with E-state index in [1.54, 1.807) is 0 Å². The van der Waals surface area contributed by atoms with Crippen LogP contribution in [0.1, 0.15) is 17.3 Å². The number of aromatic nitrogens is 2. The van der Waals surface area contributed by atoms with E-state index in [-0.39, 0.29) is 5.56 Å². The van der Waals surface area contributed by atoms with Crippen molar-refractivity contribution < 1.29 is 26.7 Å². The Morgan fingerprint density at radius 2 is 1.88 bits per heavy atom. The zero-order valence-electron chi connectivity index (χ0n) is 12.2. The van der Waals surface area contributed by atoms with E-state index in [0.717, 1.165) is 24.4 Å². The highest BCUT2D eigenvalue weighted by molar-refractivity contribution is 5.85. The largest absolute Gasteiger partial charge is 0.433 e. The number of hydrogen-bond donors (Lipinski definition) is 2. The van der Waals surface area contributed by atoms with Gasteiger partial charge in [-0.25, -0.2) is 18.7 Å². The van der Waals surface area contributed by atoms with E-state index in [1.165, 1.54) is 7.05 Å². The Bertz CT molecular complexity index is 750. The number of hydrogen-bond acceptors (Lipinski definition) is 4. The number of carbonyl (C=O) groups excluding carboxylic acids is 1. The van der Waals surface area contributed by atoms with Gasteiger partial charge in [0.15, 0.2) is 11.6 Å². The highest BCUT2D eigenvalue weighted by Gasteiger charge is 2.33. The summed E-state index contributed by atoms with van der Waals surface area (Å²) >= 11 is 0. The van der Waals surface area contributed by atoms with Crippen LogP contribution >= 0.6 is 0 Å². The van der Waals surface area contributed by atoms with E-state index in [9.17, 15) is 26.7 Å². The molecule has 128 valence electrons. The maximum Gasteiger partial charge on any atom is 0.433 e. The topological polar surface area (TPSA) is 66.9 Å². The Labute approximate surface area is 132 Å². The van der Waals surface area contributed by atoms with Crippen LogP contribution in [0.2, 0.25) is 0 Å². The zero-order chi connectivity index (χ0) is 17.9. The molecule has 0 saturated carbocycles. The van der Waals surface area contributed by atoms with Crippen LogP contribution in [-0.2, 0) is 11.0 Å². The summed E-state index contributed by atoms with van der Waals surface area (Å²) < 4.78 is 64.3. The average molecular weight is 346 g/mol. The van der Waals surface area contributed by atoms with Gasteiger partial charge in [-0.3, -0.25) is 4.79 Å². The van der Waals surface area contributed by atoms with Crippen LogP contribution in [0.25, 0.3) is 0 Å². The molecule has 10 heteroatoms. The molecule has 2 aromatic rings. The Kier molecular flexibility index (Phi) is 4.96. The maximum atomic E-state index is 13.4. The number of nitrogens with zero attached hydrogens (tertiary/aromatic N) is 2. The minimum absolute atomic E-state index is 0.00531. The van der Waals surface area contributed by atoms with E-state index in [2.05, 4.69) is 20.6 Å². The lowest BCUT2D eigenvalue weighted by atomic mass is 10.1. The van der Waals surface area contributed by atoms with Gasteiger partial charge in [-0.15, -0.1) is 0 Å². The van der Waals surface area contributed by atoms with Crippen LogP contribution < -0.4 is 10.6 Å². The van der Waals surface area contributed by atoms with E-state index >= 15 is 0 Å². The summed E-state index contributed by atoms with van der Waals surface area (Å²) in [5, 5.41) is 4.65. The highest BCUT2D eigenvalue weighted by atomic mass is 19.4. The van der Waals surface area contributed by atoms with Crippen molar-refractivity contribution >= 4 is 11.9 Å². The fourth-order valence-corrected chi connectivity index (χ4v) is 1.85. The lowest BCUT2D eigenvalue weighted by Gasteiger charge is -2.18. The third kappa shape index (κ3) is 3.94. The van der Waals surface area contributed by atoms with Crippen LogP contribution in [-0.4, -0.2) is 22.9 Å². The third-order valence-corrected chi connectivity index (χ3v) is 3.01. The van der Waals surface area contributed by atoms with E-state index in [4.69, 9.17) is 0 Å². The molecule has 1 atom stereocenters. The first kappa shape index (κ1) is 17.6. The first-order valence-corrected chi connectivity index (χ1v) is 6.55. The predicted molar refractivity (Wildman–Crippen MR) is 73.8 cm³/mol. The molecule has 0 spiro atoms.